The van der Waals surface area contributed by atoms with Gasteiger partial charge in [0.25, 0.3) is 0 Å². The van der Waals surface area contributed by atoms with Gasteiger partial charge in [-0.1, -0.05) is 0 Å². The van der Waals surface area contributed by atoms with Crippen molar-refractivity contribution < 1.29 is 19.1 Å². The molecule has 21 heavy (non-hydrogen) atoms. The SMILES string of the molecule is COC(=O)c1ccc2nc(NC(=O)OC(C)C)n(C)c2c1. The Morgan fingerprint density at radius 2 is 2.05 bits per heavy atom. The summed E-state index contributed by atoms with van der Waals surface area (Å²) in [6.07, 6.45) is -0.790. The van der Waals surface area contributed by atoms with E-state index < -0.39 is 12.1 Å². The van der Waals surface area contributed by atoms with Gasteiger partial charge in [0, 0.05) is 7.05 Å². The number of imidazole rings is 1. The monoisotopic (exact) mass is 291 g/mol. The van der Waals surface area contributed by atoms with Gasteiger partial charge in [-0.15, -0.1) is 0 Å². The van der Waals surface area contributed by atoms with E-state index in [4.69, 9.17) is 4.74 Å². The fourth-order valence-corrected chi connectivity index (χ4v) is 1.88. The van der Waals surface area contributed by atoms with Crippen LogP contribution in [0.3, 0.4) is 0 Å². The van der Waals surface area contributed by atoms with E-state index in [0.29, 0.717) is 22.5 Å². The van der Waals surface area contributed by atoms with Crippen LogP contribution in [-0.4, -0.2) is 34.8 Å². The number of anilines is 1. The number of methoxy groups -OCH3 is 1. The molecule has 0 saturated carbocycles. The second-order valence-corrected chi connectivity index (χ2v) is 4.77. The molecule has 1 aromatic heterocycles. The van der Waals surface area contributed by atoms with E-state index in [9.17, 15) is 9.59 Å². The van der Waals surface area contributed by atoms with Crippen LogP contribution in [0.25, 0.3) is 11.0 Å². The van der Waals surface area contributed by atoms with Crippen LogP contribution in [0.4, 0.5) is 10.7 Å². The number of rotatable bonds is 3. The van der Waals surface area contributed by atoms with Crippen molar-refractivity contribution in [2.24, 2.45) is 7.05 Å². The predicted molar refractivity (Wildman–Crippen MR) is 77.3 cm³/mol. The molecule has 0 fully saturated rings. The number of esters is 1. The third-order valence-corrected chi connectivity index (χ3v) is 2.86. The maximum absolute atomic E-state index is 11.6. The van der Waals surface area contributed by atoms with E-state index in [1.165, 1.54) is 7.11 Å². The van der Waals surface area contributed by atoms with E-state index in [-0.39, 0.29) is 6.10 Å². The molecule has 1 heterocycles. The van der Waals surface area contributed by atoms with Crippen molar-refractivity contribution in [3.8, 4) is 0 Å². The van der Waals surface area contributed by atoms with Crippen molar-refractivity contribution in [3.63, 3.8) is 0 Å². The molecule has 0 saturated heterocycles. The maximum Gasteiger partial charge on any atom is 0.414 e. The van der Waals surface area contributed by atoms with Crippen molar-refractivity contribution in [2.75, 3.05) is 12.4 Å². The lowest BCUT2D eigenvalue weighted by molar-refractivity contribution is 0.0601. The lowest BCUT2D eigenvalue weighted by atomic mass is 10.2. The van der Waals surface area contributed by atoms with Gasteiger partial charge in [0.1, 0.15) is 0 Å². The second-order valence-electron chi connectivity index (χ2n) is 4.77. The number of aromatic nitrogens is 2. The topological polar surface area (TPSA) is 82.4 Å². The minimum atomic E-state index is -0.573. The molecule has 0 aliphatic heterocycles. The Labute approximate surface area is 121 Å². The Kier molecular flexibility index (Phi) is 4.11. The van der Waals surface area contributed by atoms with Gasteiger partial charge in [0.15, 0.2) is 0 Å². The summed E-state index contributed by atoms with van der Waals surface area (Å²) in [7, 11) is 3.06. The number of aryl methyl sites for hydroxylation is 1. The number of benzene rings is 1. The number of fused-ring (bicyclic) bond motifs is 1. The zero-order chi connectivity index (χ0) is 15.6. The Morgan fingerprint density at radius 1 is 1.33 bits per heavy atom. The van der Waals surface area contributed by atoms with Crippen molar-refractivity contribution >= 4 is 29.0 Å². The van der Waals surface area contributed by atoms with Gasteiger partial charge in [-0.3, -0.25) is 5.32 Å². The van der Waals surface area contributed by atoms with Crippen molar-refractivity contribution in [3.05, 3.63) is 23.8 Å². The van der Waals surface area contributed by atoms with Crippen molar-refractivity contribution in [1.82, 2.24) is 9.55 Å². The zero-order valence-electron chi connectivity index (χ0n) is 12.3. The fourth-order valence-electron chi connectivity index (χ4n) is 1.88. The summed E-state index contributed by atoms with van der Waals surface area (Å²) in [6.45, 7) is 3.52. The first kappa shape index (κ1) is 14.8. The Balaban J connectivity index is 2.33. The number of hydrogen-bond acceptors (Lipinski definition) is 5. The fraction of sp³-hybridized carbons (Fsp3) is 0.357. The van der Waals surface area contributed by atoms with Crippen molar-refractivity contribution in [2.45, 2.75) is 20.0 Å². The van der Waals surface area contributed by atoms with Gasteiger partial charge in [0.2, 0.25) is 5.95 Å². The van der Waals surface area contributed by atoms with Crippen LogP contribution >= 0.6 is 0 Å². The number of carbonyl (C=O) groups excluding carboxylic acids is 2. The van der Waals surface area contributed by atoms with E-state index in [2.05, 4.69) is 15.0 Å². The molecule has 1 N–H and O–H groups in total. The van der Waals surface area contributed by atoms with E-state index in [1.54, 1.807) is 43.7 Å². The number of nitrogens with one attached hydrogen (secondary N) is 1. The molecule has 0 radical (unpaired) electrons. The lowest BCUT2D eigenvalue weighted by Crippen LogP contribution is -2.19. The van der Waals surface area contributed by atoms with Gasteiger partial charge in [-0.05, 0) is 32.0 Å². The van der Waals surface area contributed by atoms with Crippen LogP contribution in [0.2, 0.25) is 0 Å². The highest BCUT2D eigenvalue weighted by molar-refractivity contribution is 5.95. The Hall–Kier alpha value is -2.57. The summed E-state index contributed by atoms with van der Waals surface area (Å²) in [5.41, 5.74) is 1.78. The summed E-state index contributed by atoms with van der Waals surface area (Å²) >= 11 is 0. The summed E-state index contributed by atoms with van der Waals surface area (Å²) in [4.78, 5) is 27.4. The number of amides is 1. The highest BCUT2D eigenvalue weighted by atomic mass is 16.6. The van der Waals surface area contributed by atoms with Gasteiger partial charge in [-0.2, -0.15) is 0 Å². The third-order valence-electron chi connectivity index (χ3n) is 2.86. The highest BCUT2D eigenvalue weighted by Gasteiger charge is 2.14. The van der Waals surface area contributed by atoms with Crippen LogP contribution in [0.5, 0.6) is 0 Å². The van der Waals surface area contributed by atoms with Crippen molar-refractivity contribution in [1.29, 1.82) is 0 Å². The standard InChI is InChI=1S/C14H17N3O4/c1-8(2)21-14(19)16-13-15-10-6-5-9(12(18)20-4)7-11(10)17(13)3/h5-8H,1-4H3,(H,15,16,19). The molecule has 0 atom stereocenters. The smallest absolute Gasteiger partial charge is 0.414 e. The summed E-state index contributed by atoms with van der Waals surface area (Å²) in [6, 6.07) is 4.98. The molecule has 7 heteroatoms. The van der Waals surface area contributed by atoms with Crippen LogP contribution < -0.4 is 5.32 Å². The van der Waals surface area contributed by atoms with Gasteiger partial charge in [0.05, 0.1) is 29.8 Å². The first-order valence-electron chi connectivity index (χ1n) is 6.44. The number of carbonyl (C=O) groups is 2. The average molecular weight is 291 g/mol. The molecule has 0 bridgehead atoms. The number of hydrogen-bond donors (Lipinski definition) is 1. The van der Waals surface area contributed by atoms with Crippen LogP contribution in [0.1, 0.15) is 24.2 Å². The minimum absolute atomic E-state index is 0.217. The summed E-state index contributed by atoms with van der Waals surface area (Å²) in [5, 5.41) is 2.57. The first-order valence-corrected chi connectivity index (χ1v) is 6.44. The first-order chi connectivity index (χ1) is 9.92. The molecule has 0 aliphatic rings. The molecule has 1 amide bonds. The Bertz CT molecular complexity index is 691. The molecule has 112 valence electrons. The molecular formula is C14H17N3O4. The molecule has 1 aromatic carbocycles. The summed E-state index contributed by atoms with van der Waals surface area (Å²) in [5.74, 6) is -0.0792. The molecule has 2 rings (SSSR count). The second kappa shape index (κ2) is 5.82. The number of nitrogens with zero attached hydrogens (tertiary/aromatic N) is 2. The molecule has 0 aliphatic carbocycles. The van der Waals surface area contributed by atoms with Gasteiger partial charge >= 0.3 is 12.1 Å². The zero-order valence-corrected chi connectivity index (χ0v) is 12.3. The molecule has 2 aromatic rings. The predicted octanol–water partition coefficient (Wildman–Crippen LogP) is 2.32. The molecule has 0 unspecified atom stereocenters. The van der Waals surface area contributed by atoms with E-state index >= 15 is 0 Å². The Morgan fingerprint density at radius 3 is 2.67 bits per heavy atom. The lowest BCUT2D eigenvalue weighted by Gasteiger charge is -2.09. The van der Waals surface area contributed by atoms with E-state index in [1.807, 2.05) is 0 Å². The molecule has 0 spiro atoms. The van der Waals surface area contributed by atoms with Gasteiger partial charge < -0.3 is 14.0 Å². The van der Waals surface area contributed by atoms with Crippen LogP contribution in [-0.2, 0) is 16.5 Å². The average Bonchev–Trinajstić information content (AvgIpc) is 2.73. The summed E-state index contributed by atoms with van der Waals surface area (Å²) < 4.78 is 11.4. The highest BCUT2D eigenvalue weighted by Crippen LogP contribution is 2.20. The van der Waals surface area contributed by atoms with E-state index in [0.717, 1.165) is 0 Å². The van der Waals surface area contributed by atoms with Crippen LogP contribution in [0, 0.1) is 0 Å². The third kappa shape index (κ3) is 3.13. The minimum Gasteiger partial charge on any atom is -0.465 e. The normalized spacial score (nSPS) is 10.7. The molecular weight excluding hydrogens is 274 g/mol. The van der Waals surface area contributed by atoms with Crippen LogP contribution in [0.15, 0.2) is 18.2 Å². The maximum atomic E-state index is 11.6. The number of ether oxygens (including phenoxy) is 2. The quantitative estimate of drug-likeness (QED) is 0.877. The van der Waals surface area contributed by atoms with Gasteiger partial charge in [-0.25, -0.2) is 14.6 Å². The molecule has 7 nitrogen and oxygen atoms in total. The largest absolute Gasteiger partial charge is 0.465 e.